The molecule has 1 aromatic heterocycles. The van der Waals surface area contributed by atoms with Crippen LogP contribution in [0.25, 0.3) is 11.1 Å². The van der Waals surface area contributed by atoms with Crippen molar-refractivity contribution in [3.8, 4) is 11.1 Å². The maximum Gasteiger partial charge on any atom is 0.270 e. The van der Waals surface area contributed by atoms with Gasteiger partial charge in [-0.05, 0) is 54.3 Å². The normalized spacial score (nSPS) is 13.6. The van der Waals surface area contributed by atoms with Gasteiger partial charge in [0.25, 0.3) is 5.91 Å². The second-order valence-corrected chi connectivity index (χ2v) is 7.38. The molecule has 146 valence electrons. The molecule has 0 saturated carbocycles. The molecule has 2 heterocycles. The quantitative estimate of drug-likeness (QED) is 0.702. The van der Waals surface area contributed by atoms with Crippen molar-refractivity contribution >= 4 is 11.6 Å². The number of carbonyl (C=O) groups excluding carboxylic acids is 1. The van der Waals surface area contributed by atoms with Gasteiger partial charge in [-0.3, -0.25) is 14.8 Å². The number of fused-ring (bicyclic) bond motifs is 1. The van der Waals surface area contributed by atoms with Gasteiger partial charge in [0.1, 0.15) is 5.69 Å². The second-order valence-electron chi connectivity index (χ2n) is 7.38. The Morgan fingerprint density at radius 3 is 2.72 bits per heavy atom. The molecular weight excluding hydrogens is 360 g/mol. The van der Waals surface area contributed by atoms with E-state index >= 15 is 0 Å². The van der Waals surface area contributed by atoms with Crippen LogP contribution in [0.5, 0.6) is 0 Å². The summed E-state index contributed by atoms with van der Waals surface area (Å²) in [4.78, 5) is 21.6. The fraction of sp³-hybridized carbons (Fsp3) is 0.208. The van der Waals surface area contributed by atoms with Gasteiger partial charge < -0.3 is 11.1 Å². The Hall–Kier alpha value is -3.31. The predicted molar refractivity (Wildman–Crippen MR) is 116 cm³/mol. The lowest BCUT2D eigenvalue weighted by Crippen LogP contribution is -2.33. The lowest BCUT2D eigenvalue weighted by molar-refractivity contribution is 0.0933. The smallest absolute Gasteiger partial charge is 0.270 e. The first kappa shape index (κ1) is 19.0. The van der Waals surface area contributed by atoms with Gasteiger partial charge in [0.15, 0.2) is 0 Å². The number of nitrogens with one attached hydrogen (secondary N) is 1. The van der Waals surface area contributed by atoms with Crippen LogP contribution >= 0.6 is 0 Å². The maximum atomic E-state index is 12.8. The van der Waals surface area contributed by atoms with Crippen LogP contribution < -0.4 is 11.1 Å². The molecule has 3 aromatic rings. The Morgan fingerprint density at radius 1 is 1.10 bits per heavy atom. The van der Waals surface area contributed by atoms with E-state index in [9.17, 15) is 4.79 Å². The van der Waals surface area contributed by atoms with E-state index in [4.69, 9.17) is 5.73 Å². The van der Waals surface area contributed by atoms with Crippen molar-refractivity contribution in [2.24, 2.45) is 10.7 Å². The van der Waals surface area contributed by atoms with Crippen molar-refractivity contribution in [1.29, 1.82) is 0 Å². The SMILES string of the molecule is CC1=NCc2ccc(-c3ccnc(C(=O)N[C@@H](CN)c4cccc(C)c4)c3)cc21. The van der Waals surface area contributed by atoms with E-state index in [2.05, 4.69) is 33.5 Å². The molecule has 0 aliphatic carbocycles. The van der Waals surface area contributed by atoms with Crippen LogP contribution in [0.1, 0.15) is 45.7 Å². The minimum absolute atomic E-state index is 0.234. The van der Waals surface area contributed by atoms with Gasteiger partial charge in [0.2, 0.25) is 0 Å². The van der Waals surface area contributed by atoms with Crippen LogP contribution in [-0.2, 0) is 6.54 Å². The highest BCUT2D eigenvalue weighted by molar-refractivity contribution is 6.03. The molecule has 1 aliphatic rings. The zero-order valence-electron chi connectivity index (χ0n) is 16.6. The first-order chi connectivity index (χ1) is 14.0. The second kappa shape index (κ2) is 7.97. The van der Waals surface area contributed by atoms with Crippen LogP contribution in [0.4, 0.5) is 0 Å². The molecule has 1 atom stereocenters. The summed E-state index contributed by atoms with van der Waals surface area (Å²) in [6.07, 6.45) is 1.67. The van der Waals surface area contributed by atoms with Crippen molar-refractivity contribution < 1.29 is 4.79 Å². The Labute approximate surface area is 170 Å². The highest BCUT2D eigenvalue weighted by atomic mass is 16.1. The molecule has 0 spiro atoms. The van der Waals surface area contributed by atoms with Crippen LogP contribution in [0, 0.1) is 6.92 Å². The predicted octanol–water partition coefficient (Wildman–Crippen LogP) is 3.81. The largest absolute Gasteiger partial charge is 0.343 e. The van der Waals surface area contributed by atoms with E-state index in [1.165, 1.54) is 11.1 Å². The standard InChI is InChI=1S/C24H24N4O/c1-15-4-3-5-19(10-15)23(13-25)28-24(29)22-12-18(8-9-26-22)17-6-7-20-14-27-16(2)21(20)11-17/h3-12,23H,13-14,25H2,1-2H3,(H,28,29)/t23-/m0/s1. The third-order valence-electron chi connectivity index (χ3n) is 5.30. The first-order valence-corrected chi connectivity index (χ1v) is 9.73. The van der Waals surface area contributed by atoms with E-state index in [1.807, 2.05) is 50.2 Å². The number of pyridine rings is 1. The summed E-state index contributed by atoms with van der Waals surface area (Å²) in [5, 5.41) is 3.01. The summed E-state index contributed by atoms with van der Waals surface area (Å²) in [6, 6.07) is 17.8. The minimum atomic E-state index is -0.258. The van der Waals surface area contributed by atoms with Gasteiger partial charge in [-0.1, -0.05) is 42.0 Å². The lowest BCUT2D eigenvalue weighted by Gasteiger charge is -2.18. The van der Waals surface area contributed by atoms with Crippen molar-refractivity contribution in [2.45, 2.75) is 26.4 Å². The van der Waals surface area contributed by atoms with E-state index in [0.29, 0.717) is 12.2 Å². The van der Waals surface area contributed by atoms with Crippen molar-refractivity contribution in [1.82, 2.24) is 10.3 Å². The first-order valence-electron chi connectivity index (χ1n) is 9.73. The number of hydrogen-bond donors (Lipinski definition) is 2. The van der Waals surface area contributed by atoms with Crippen LogP contribution in [0.2, 0.25) is 0 Å². The van der Waals surface area contributed by atoms with Gasteiger partial charge in [-0.15, -0.1) is 0 Å². The number of aromatic nitrogens is 1. The summed E-state index contributed by atoms with van der Waals surface area (Å²) in [7, 11) is 0. The Balaban J connectivity index is 1.58. The Morgan fingerprint density at radius 2 is 1.93 bits per heavy atom. The van der Waals surface area contributed by atoms with Crippen LogP contribution in [0.3, 0.4) is 0 Å². The van der Waals surface area contributed by atoms with Crippen LogP contribution in [-0.4, -0.2) is 23.1 Å². The summed E-state index contributed by atoms with van der Waals surface area (Å²) < 4.78 is 0. The molecule has 1 aliphatic heterocycles. The third kappa shape index (κ3) is 3.96. The molecule has 2 aromatic carbocycles. The average molecular weight is 384 g/mol. The number of amides is 1. The molecule has 5 heteroatoms. The van der Waals surface area contributed by atoms with Gasteiger partial charge in [-0.2, -0.15) is 0 Å². The van der Waals surface area contributed by atoms with Gasteiger partial charge in [-0.25, -0.2) is 0 Å². The van der Waals surface area contributed by atoms with Crippen molar-refractivity contribution in [3.05, 3.63) is 88.7 Å². The summed E-state index contributed by atoms with van der Waals surface area (Å²) in [5.74, 6) is -0.234. The highest BCUT2D eigenvalue weighted by Crippen LogP contribution is 2.27. The average Bonchev–Trinajstić information content (AvgIpc) is 3.12. The molecule has 0 fully saturated rings. The molecule has 29 heavy (non-hydrogen) atoms. The summed E-state index contributed by atoms with van der Waals surface area (Å²) in [5.41, 5.74) is 13.9. The van der Waals surface area contributed by atoms with Crippen molar-refractivity contribution in [2.75, 3.05) is 6.54 Å². The zero-order valence-corrected chi connectivity index (χ0v) is 16.6. The molecule has 0 radical (unpaired) electrons. The van der Waals surface area contributed by atoms with E-state index in [1.54, 1.807) is 6.20 Å². The molecule has 1 amide bonds. The van der Waals surface area contributed by atoms with Crippen LogP contribution in [0.15, 0.2) is 65.8 Å². The summed E-state index contributed by atoms with van der Waals surface area (Å²) >= 11 is 0. The number of aryl methyl sites for hydroxylation is 1. The molecule has 0 unspecified atom stereocenters. The summed E-state index contributed by atoms with van der Waals surface area (Å²) in [6.45, 7) is 5.11. The number of aliphatic imine (C=N–C) groups is 1. The number of rotatable bonds is 5. The van der Waals surface area contributed by atoms with E-state index < -0.39 is 0 Å². The van der Waals surface area contributed by atoms with Gasteiger partial charge in [0, 0.05) is 24.0 Å². The van der Waals surface area contributed by atoms with E-state index in [0.717, 1.165) is 34.5 Å². The number of nitrogens with zero attached hydrogens (tertiary/aromatic N) is 2. The minimum Gasteiger partial charge on any atom is -0.343 e. The fourth-order valence-electron chi connectivity index (χ4n) is 3.65. The fourth-order valence-corrected chi connectivity index (χ4v) is 3.65. The number of carbonyl (C=O) groups is 1. The number of benzene rings is 2. The Bertz CT molecular complexity index is 1100. The Kier molecular flexibility index (Phi) is 5.23. The molecule has 0 bridgehead atoms. The van der Waals surface area contributed by atoms with Crippen molar-refractivity contribution in [3.63, 3.8) is 0 Å². The number of nitrogens with two attached hydrogens (primary N) is 1. The highest BCUT2D eigenvalue weighted by Gasteiger charge is 2.17. The monoisotopic (exact) mass is 384 g/mol. The van der Waals surface area contributed by atoms with Gasteiger partial charge >= 0.3 is 0 Å². The molecule has 0 saturated heterocycles. The molecular formula is C24H24N4O. The van der Waals surface area contributed by atoms with E-state index in [-0.39, 0.29) is 11.9 Å². The van der Waals surface area contributed by atoms with Gasteiger partial charge in [0.05, 0.1) is 12.6 Å². The topological polar surface area (TPSA) is 80.4 Å². The molecule has 5 nitrogen and oxygen atoms in total. The third-order valence-corrected chi connectivity index (χ3v) is 5.30. The number of hydrogen-bond acceptors (Lipinski definition) is 4. The maximum absolute atomic E-state index is 12.8. The zero-order chi connectivity index (χ0) is 20.4. The lowest BCUT2D eigenvalue weighted by atomic mass is 9.98. The molecule has 4 rings (SSSR count). The molecule has 3 N–H and O–H groups in total.